The van der Waals surface area contributed by atoms with E-state index in [1.807, 2.05) is 24.3 Å². The zero-order valence-corrected chi connectivity index (χ0v) is 38.7. The Labute approximate surface area is 393 Å². The first-order valence-corrected chi connectivity index (χ1v) is 23.1. The molecule has 0 aliphatic heterocycles. The standard InChI is InChI=1S/C64H49N3/c1-63(2,3)47-24-30-50(31-25-47)67(51-32-26-48(27-33-51)64(4,5)6)49-28-22-42(23-29-49)52-34-35-55-60-53(52)12-9-13-54(60)61-58(43-18-14-40(38-65)15-19-43)56-36-45-10-7-8-11-46(45)37-57(56)59(62(55)61)44-20-16-41(39-66)17-21-44/h7-37H,1-6H3. The maximum Gasteiger partial charge on any atom is 0.0991 e. The first-order chi connectivity index (χ1) is 32.4. The molecule has 1 aliphatic rings. The Morgan fingerprint density at radius 3 is 1.19 bits per heavy atom. The van der Waals surface area contributed by atoms with E-state index in [2.05, 4.69) is 222 Å². The van der Waals surface area contributed by atoms with Crippen LogP contribution in [0.15, 0.2) is 188 Å². The second kappa shape index (κ2) is 15.7. The first-order valence-electron chi connectivity index (χ1n) is 23.1. The molecule has 0 spiro atoms. The molecular weight excluding hydrogens is 811 g/mol. The third-order valence-corrected chi connectivity index (χ3v) is 13.8. The van der Waals surface area contributed by atoms with Gasteiger partial charge >= 0.3 is 0 Å². The Bertz CT molecular complexity index is 3480. The summed E-state index contributed by atoms with van der Waals surface area (Å²) >= 11 is 0. The molecule has 0 unspecified atom stereocenters. The fraction of sp³-hybridized carbons (Fsp3) is 0.125. The minimum absolute atomic E-state index is 0.0545. The van der Waals surface area contributed by atoms with E-state index in [1.54, 1.807) is 0 Å². The molecule has 3 nitrogen and oxygen atoms in total. The average molecular weight is 860 g/mol. The van der Waals surface area contributed by atoms with Crippen LogP contribution in [0.2, 0.25) is 0 Å². The van der Waals surface area contributed by atoms with Crippen LogP contribution in [0.25, 0.3) is 88.0 Å². The molecular formula is C64H49N3. The van der Waals surface area contributed by atoms with Gasteiger partial charge in [-0.15, -0.1) is 0 Å². The molecule has 0 N–H and O–H groups in total. The molecule has 0 aromatic heterocycles. The Kier molecular flexibility index (Phi) is 9.74. The molecule has 0 fully saturated rings. The van der Waals surface area contributed by atoms with E-state index < -0.39 is 0 Å². The van der Waals surface area contributed by atoms with Gasteiger partial charge in [-0.1, -0.05) is 157 Å². The van der Waals surface area contributed by atoms with Crippen molar-refractivity contribution in [1.29, 1.82) is 10.5 Å². The zero-order valence-electron chi connectivity index (χ0n) is 38.7. The maximum absolute atomic E-state index is 9.82. The van der Waals surface area contributed by atoms with E-state index in [4.69, 9.17) is 0 Å². The van der Waals surface area contributed by atoms with Crippen LogP contribution in [0.1, 0.15) is 63.8 Å². The van der Waals surface area contributed by atoms with Crippen LogP contribution in [0.3, 0.4) is 0 Å². The number of hydrogen-bond donors (Lipinski definition) is 0. The summed E-state index contributed by atoms with van der Waals surface area (Å²) < 4.78 is 0. The molecule has 10 aromatic rings. The highest BCUT2D eigenvalue weighted by atomic mass is 15.1. The van der Waals surface area contributed by atoms with E-state index >= 15 is 0 Å². The summed E-state index contributed by atoms with van der Waals surface area (Å²) in [5, 5.41) is 26.7. The summed E-state index contributed by atoms with van der Waals surface area (Å²) in [4.78, 5) is 2.36. The Hall–Kier alpha value is -8.24. The predicted octanol–water partition coefficient (Wildman–Crippen LogP) is 17.6. The zero-order chi connectivity index (χ0) is 46.2. The molecule has 320 valence electrons. The topological polar surface area (TPSA) is 50.8 Å². The Balaban J connectivity index is 1.11. The van der Waals surface area contributed by atoms with Crippen molar-refractivity contribution < 1.29 is 0 Å². The van der Waals surface area contributed by atoms with Crippen LogP contribution < -0.4 is 4.90 Å². The van der Waals surface area contributed by atoms with Gasteiger partial charge in [0.2, 0.25) is 0 Å². The van der Waals surface area contributed by atoms with Crippen molar-refractivity contribution in [3.63, 3.8) is 0 Å². The second-order valence-corrected chi connectivity index (χ2v) is 20.0. The lowest BCUT2D eigenvalue weighted by molar-refractivity contribution is 0.590. The van der Waals surface area contributed by atoms with Gasteiger partial charge < -0.3 is 4.90 Å². The van der Waals surface area contributed by atoms with Gasteiger partial charge in [0.1, 0.15) is 0 Å². The van der Waals surface area contributed by atoms with Crippen LogP contribution in [0.5, 0.6) is 0 Å². The first kappa shape index (κ1) is 41.5. The number of nitriles is 2. The molecule has 0 saturated heterocycles. The van der Waals surface area contributed by atoms with Gasteiger partial charge in [-0.05, 0) is 183 Å². The minimum atomic E-state index is 0.0545. The lowest BCUT2D eigenvalue weighted by atomic mass is 9.81. The summed E-state index contributed by atoms with van der Waals surface area (Å²) in [6.07, 6.45) is 0. The van der Waals surface area contributed by atoms with Crippen LogP contribution in [-0.4, -0.2) is 0 Å². The van der Waals surface area contributed by atoms with Crippen molar-refractivity contribution in [2.24, 2.45) is 0 Å². The fourth-order valence-electron chi connectivity index (χ4n) is 10.3. The lowest BCUT2D eigenvalue weighted by Crippen LogP contribution is -2.14. The highest BCUT2D eigenvalue weighted by molar-refractivity contribution is 6.29. The third kappa shape index (κ3) is 7.04. The largest absolute Gasteiger partial charge is 0.311 e. The molecule has 0 atom stereocenters. The average Bonchev–Trinajstić information content (AvgIpc) is 3.67. The van der Waals surface area contributed by atoms with E-state index in [1.165, 1.54) is 49.7 Å². The fourth-order valence-corrected chi connectivity index (χ4v) is 10.3. The molecule has 0 radical (unpaired) electrons. The molecule has 3 heteroatoms. The van der Waals surface area contributed by atoms with Gasteiger partial charge in [0.25, 0.3) is 0 Å². The van der Waals surface area contributed by atoms with E-state index in [0.717, 1.165) is 66.4 Å². The number of nitrogens with zero attached hydrogens (tertiary/aromatic N) is 3. The van der Waals surface area contributed by atoms with Crippen molar-refractivity contribution in [2.45, 2.75) is 52.4 Å². The van der Waals surface area contributed by atoms with Crippen molar-refractivity contribution in [2.75, 3.05) is 4.90 Å². The summed E-state index contributed by atoms with van der Waals surface area (Å²) in [5.74, 6) is 0. The van der Waals surface area contributed by atoms with Gasteiger partial charge in [0.15, 0.2) is 0 Å². The van der Waals surface area contributed by atoms with Gasteiger partial charge in [0.05, 0.1) is 23.3 Å². The van der Waals surface area contributed by atoms with Crippen molar-refractivity contribution in [3.8, 4) is 67.8 Å². The summed E-state index contributed by atoms with van der Waals surface area (Å²) in [6, 6.07) is 72.4. The number of benzene rings is 10. The highest BCUT2D eigenvalue weighted by Crippen LogP contribution is 2.59. The monoisotopic (exact) mass is 859 g/mol. The molecule has 0 heterocycles. The smallest absolute Gasteiger partial charge is 0.0991 e. The molecule has 11 rings (SSSR count). The molecule has 0 amide bonds. The normalized spacial score (nSPS) is 12.0. The van der Waals surface area contributed by atoms with E-state index in [-0.39, 0.29) is 10.8 Å². The van der Waals surface area contributed by atoms with Gasteiger partial charge in [-0.25, -0.2) is 0 Å². The van der Waals surface area contributed by atoms with Crippen LogP contribution in [0.4, 0.5) is 17.1 Å². The Morgan fingerprint density at radius 1 is 0.358 bits per heavy atom. The minimum Gasteiger partial charge on any atom is -0.311 e. The molecule has 0 bridgehead atoms. The Morgan fingerprint density at radius 2 is 0.761 bits per heavy atom. The van der Waals surface area contributed by atoms with Gasteiger partial charge in [-0.2, -0.15) is 10.5 Å². The molecule has 10 aromatic carbocycles. The van der Waals surface area contributed by atoms with Crippen LogP contribution in [-0.2, 0) is 10.8 Å². The summed E-state index contributed by atoms with van der Waals surface area (Å²) in [7, 11) is 0. The highest BCUT2D eigenvalue weighted by Gasteiger charge is 2.32. The van der Waals surface area contributed by atoms with Gasteiger partial charge in [-0.3, -0.25) is 0 Å². The molecule has 0 saturated carbocycles. The number of hydrogen-bond acceptors (Lipinski definition) is 3. The number of fused-ring (bicyclic) bond motifs is 5. The number of anilines is 3. The van der Waals surface area contributed by atoms with E-state index in [0.29, 0.717) is 11.1 Å². The van der Waals surface area contributed by atoms with Crippen molar-refractivity contribution in [1.82, 2.24) is 0 Å². The lowest BCUT2D eigenvalue weighted by Gasteiger charge is -2.28. The third-order valence-electron chi connectivity index (χ3n) is 13.8. The van der Waals surface area contributed by atoms with Gasteiger partial charge in [0, 0.05) is 17.1 Å². The SMILES string of the molecule is CC(C)(C)c1ccc(N(c2ccc(-c3ccc4c5c(cccc35)-c3c-4c(-c4ccc(C#N)cc4)c4cc5ccccc5cc4c3-c3ccc(C#N)cc3)cc2)c2ccc(C(C)(C)C)cc2)cc1. The summed E-state index contributed by atoms with van der Waals surface area (Å²) in [5.41, 5.74) is 18.8. The maximum atomic E-state index is 9.82. The molecule has 1 aliphatic carbocycles. The number of rotatable bonds is 6. The second-order valence-electron chi connectivity index (χ2n) is 20.0. The van der Waals surface area contributed by atoms with Crippen molar-refractivity contribution >= 4 is 49.4 Å². The molecule has 67 heavy (non-hydrogen) atoms. The van der Waals surface area contributed by atoms with Crippen LogP contribution >= 0.6 is 0 Å². The quantitative estimate of drug-likeness (QED) is 0.157. The summed E-state index contributed by atoms with van der Waals surface area (Å²) in [6.45, 7) is 13.6. The predicted molar refractivity (Wildman–Crippen MR) is 281 cm³/mol. The van der Waals surface area contributed by atoms with Crippen molar-refractivity contribution in [3.05, 3.63) is 210 Å². The van der Waals surface area contributed by atoms with E-state index in [9.17, 15) is 10.5 Å². The van der Waals surface area contributed by atoms with Crippen LogP contribution in [0, 0.1) is 22.7 Å².